The molecule has 2 nitrogen and oxygen atoms in total. The number of nitrogens with zero attached hydrogens (tertiary/aromatic N) is 1. The Hall–Kier alpha value is -1.87. The predicted octanol–water partition coefficient (Wildman–Crippen LogP) is 4.98. The largest absolute Gasteiger partial charge is 0.390 e. The maximum absolute atomic E-state index is 10.7. The van der Waals surface area contributed by atoms with Gasteiger partial charge in [-0.3, -0.25) is 4.90 Å². The molecule has 0 aromatic heterocycles. The first-order chi connectivity index (χ1) is 13.3. The highest BCUT2D eigenvalue weighted by Gasteiger charge is 2.26. The second kappa shape index (κ2) is 10.5. The van der Waals surface area contributed by atoms with E-state index in [4.69, 9.17) is 11.6 Å². The average Bonchev–Trinajstić information content (AvgIpc) is 2.73. The van der Waals surface area contributed by atoms with Crippen molar-refractivity contribution in [1.82, 2.24) is 4.90 Å². The summed E-state index contributed by atoms with van der Waals surface area (Å²) in [6, 6.07) is 20.8. The zero-order chi connectivity index (χ0) is 18.9. The summed E-state index contributed by atoms with van der Waals surface area (Å²) in [5.41, 5.74) is 3.78. The number of aliphatic hydroxyl groups excluding tert-OH is 1. The molecular weight excluding hydrogens is 354 g/mol. The second-order valence-electron chi connectivity index (χ2n) is 7.13. The topological polar surface area (TPSA) is 23.5 Å². The van der Waals surface area contributed by atoms with Crippen molar-refractivity contribution in [2.45, 2.75) is 38.0 Å². The lowest BCUT2D eigenvalue weighted by molar-refractivity contribution is 0.0639. The molecular formula is C24H28ClNO. The lowest BCUT2D eigenvalue weighted by Crippen LogP contribution is -2.46. The van der Waals surface area contributed by atoms with Gasteiger partial charge in [0.1, 0.15) is 0 Å². The fraction of sp³-hybridized carbons (Fsp3) is 0.333. The van der Waals surface area contributed by atoms with Crippen molar-refractivity contribution in [2.24, 2.45) is 0 Å². The zero-order valence-electron chi connectivity index (χ0n) is 15.7. The van der Waals surface area contributed by atoms with E-state index in [-0.39, 0.29) is 11.9 Å². The summed E-state index contributed by atoms with van der Waals surface area (Å²) in [7, 11) is 0. The van der Waals surface area contributed by atoms with Gasteiger partial charge in [0.25, 0.3) is 0 Å². The number of aliphatic hydroxyl groups is 1. The summed E-state index contributed by atoms with van der Waals surface area (Å²) in [5, 5.41) is 10.7. The summed E-state index contributed by atoms with van der Waals surface area (Å²) < 4.78 is 0. The fourth-order valence-corrected chi connectivity index (χ4v) is 3.80. The molecule has 0 fully saturated rings. The van der Waals surface area contributed by atoms with E-state index in [9.17, 15) is 5.11 Å². The van der Waals surface area contributed by atoms with Crippen LogP contribution < -0.4 is 0 Å². The SMILES string of the molecule is O[C@@H](CCl)[C@H](Cc1ccccc1)N(CC1=CCCC=C1)Cc1ccccc1. The third-order valence-corrected chi connectivity index (χ3v) is 5.36. The van der Waals surface area contributed by atoms with Crippen LogP contribution in [0.3, 0.4) is 0 Å². The highest BCUT2D eigenvalue weighted by molar-refractivity contribution is 6.18. The van der Waals surface area contributed by atoms with Crippen molar-refractivity contribution in [1.29, 1.82) is 0 Å². The Bertz CT molecular complexity index is 741. The first-order valence-corrected chi connectivity index (χ1v) is 10.2. The average molecular weight is 382 g/mol. The second-order valence-corrected chi connectivity index (χ2v) is 7.44. The third kappa shape index (κ3) is 6.07. The molecule has 142 valence electrons. The predicted molar refractivity (Wildman–Crippen MR) is 114 cm³/mol. The van der Waals surface area contributed by atoms with Crippen LogP contribution in [0.25, 0.3) is 0 Å². The Balaban J connectivity index is 1.85. The molecule has 0 aliphatic heterocycles. The van der Waals surface area contributed by atoms with Crippen LogP contribution in [0.1, 0.15) is 24.0 Å². The summed E-state index contributed by atoms with van der Waals surface area (Å²) >= 11 is 6.10. The van der Waals surface area contributed by atoms with E-state index in [2.05, 4.69) is 59.5 Å². The van der Waals surface area contributed by atoms with Gasteiger partial charge in [-0.25, -0.2) is 0 Å². The lowest BCUT2D eigenvalue weighted by Gasteiger charge is -2.35. The molecule has 0 heterocycles. The van der Waals surface area contributed by atoms with Crippen molar-refractivity contribution in [3.8, 4) is 0 Å². The molecule has 27 heavy (non-hydrogen) atoms. The molecule has 0 amide bonds. The number of halogens is 1. The first-order valence-electron chi connectivity index (χ1n) is 9.68. The minimum absolute atomic E-state index is 0.0404. The van der Waals surface area contributed by atoms with E-state index in [0.717, 1.165) is 32.4 Å². The molecule has 2 atom stereocenters. The van der Waals surface area contributed by atoms with Crippen molar-refractivity contribution in [2.75, 3.05) is 12.4 Å². The molecule has 1 aliphatic rings. The molecule has 2 aromatic rings. The molecule has 2 aromatic carbocycles. The van der Waals surface area contributed by atoms with Crippen molar-refractivity contribution < 1.29 is 5.11 Å². The molecule has 0 bridgehead atoms. The quantitative estimate of drug-likeness (QED) is 0.619. The number of rotatable bonds is 9. The van der Waals surface area contributed by atoms with E-state index in [1.165, 1.54) is 16.7 Å². The van der Waals surface area contributed by atoms with Gasteiger partial charge < -0.3 is 5.11 Å². The maximum atomic E-state index is 10.7. The maximum Gasteiger partial charge on any atom is 0.0833 e. The van der Waals surface area contributed by atoms with Gasteiger partial charge in [0.2, 0.25) is 0 Å². The first kappa shape index (κ1) is 19.9. The van der Waals surface area contributed by atoms with Gasteiger partial charge >= 0.3 is 0 Å². The minimum Gasteiger partial charge on any atom is -0.390 e. The third-order valence-electron chi connectivity index (χ3n) is 5.04. The van der Waals surface area contributed by atoms with Crippen LogP contribution in [-0.2, 0) is 13.0 Å². The van der Waals surface area contributed by atoms with Gasteiger partial charge in [-0.1, -0.05) is 78.9 Å². The molecule has 1 N–H and O–H groups in total. The van der Waals surface area contributed by atoms with Crippen LogP contribution in [0.4, 0.5) is 0 Å². The lowest BCUT2D eigenvalue weighted by atomic mass is 9.98. The normalized spacial score (nSPS) is 16.2. The van der Waals surface area contributed by atoms with Crippen LogP contribution in [-0.4, -0.2) is 34.6 Å². The zero-order valence-corrected chi connectivity index (χ0v) is 16.4. The van der Waals surface area contributed by atoms with E-state index < -0.39 is 6.10 Å². The van der Waals surface area contributed by atoms with Gasteiger partial charge in [0.05, 0.1) is 6.10 Å². The summed E-state index contributed by atoms with van der Waals surface area (Å²) in [4.78, 5) is 2.37. The van der Waals surface area contributed by atoms with Crippen molar-refractivity contribution >= 4 is 11.6 Å². The molecule has 0 unspecified atom stereocenters. The van der Waals surface area contributed by atoms with Crippen LogP contribution in [0, 0.1) is 0 Å². The minimum atomic E-state index is -0.580. The summed E-state index contributed by atoms with van der Waals surface area (Å²) in [5.74, 6) is 0.234. The number of benzene rings is 2. The van der Waals surface area contributed by atoms with Crippen LogP contribution in [0.5, 0.6) is 0 Å². The smallest absolute Gasteiger partial charge is 0.0833 e. The van der Waals surface area contributed by atoms with E-state index in [1.807, 2.05) is 24.3 Å². The van der Waals surface area contributed by atoms with Crippen molar-refractivity contribution in [3.63, 3.8) is 0 Å². The Labute approximate surface area is 167 Å². The Morgan fingerprint density at radius 3 is 2.15 bits per heavy atom. The Kier molecular flexibility index (Phi) is 7.70. The molecule has 0 spiro atoms. The van der Waals surface area contributed by atoms with Crippen LogP contribution in [0.15, 0.2) is 84.5 Å². The number of hydrogen-bond donors (Lipinski definition) is 1. The monoisotopic (exact) mass is 381 g/mol. The van der Waals surface area contributed by atoms with Crippen LogP contribution >= 0.6 is 11.6 Å². The molecule has 3 rings (SSSR count). The van der Waals surface area contributed by atoms with E-state index in [0.29, 0.717) is 0 Å². The van der Waals surface area contributed by atoms with E-state index in [1.54, 1.807) is 0 Å². The number of allylic oxidation sites excluding steroid dienone is 2. The van der Waals surface area contributed by atoms with Crippen molar-refractivity contribution in [3.05, 3.63) is 95.6 Å². The molecule has 0 saturated heterocycles. The highest BCUT2D eigenvalue weighted by Crippen LogP contribution is 2.21. The highest BCUT2D eigenvalue weighted by atomic mass is 35.5. The van der Waals surface area contributed by atoms with Gasteiger partial charge in [-0.2, -0.15) is 0 Å². The summed E-state index contributed by atoms with van der Waals surface area (Å²) in [6.07, 6.45) is 9.16. The molecule has 0 saturated carbocycles. The van der Waals surface area contributed by atoms with Gasteiger partial charge in [-0.05, 0) is 36.0 Å². The fourth-order valence-electron chi connectivity index (χ4n) is 3.59. The van der Waals surface area contributed by atoms with Gasteiger partial charge in [0, 0.05) is 25.0 Å². The molecule has 3 heteroatoms. The molecule has 1 aliphatic carbocycles. The van der Waals surface area contributed by atoms with Gasteiger partial charge in [-0.15, -0.1) is 11.6 Å². The number of alkyl halides is 1. The Morgan fingerprint density at radius 1 is 0.889 bits per heavy atom. The van der Waals surface area contributed by atoms with E-state index >= 15 is 0 Å². The van der Waals surface area contributed by atoms with Crippen LogP contribution in [0.2, 0.25) is 0 Å². The Morgan fingerprint density at radius 2 is 1.56 bits per heavy atom. The standard InChI is InChI=1S/C24H28ClNO/c25-17-24(27)23(16-20-10-4-1-5-11-20)26(18-21-12-6-2-7-13-21)19-22-14-8-3-9-15-22/h1-2,4-8,10-15,23-24,27H,3,9,16-19H2/t23-,24-/m0/s1. The number of hydrogen-bond acceptors (Lipinski definition) is 2. The van der Waals surface area contributed by atoms with Gasteiger partial charge in [0.15, 0.2) is 0 Å². The molecule has 0 radical (unpaired) electrons. The summed E-state index contributed by atoms with van der Waals surface area (Å²) in [6.45, 7) is 1.61.